The Morgan fingerprint density at radius 3 is 2.49 bits per heavy atom. The van der Waals surface area contributed by atoms with Gasteiger partial charge in [0.15, 0.2) is 11.5 Å². The number of benzene rings is 3. The molecule has 0 aliphatic rings. The van der Waals surface area contributed by atoms with E-state index < -0.39 is 17.7 Å². The van der Waals surface area contributed by atoms with Crippen molar-refractivity contribution in [1.29, 1.82) is 5.26 Å². The summed E-state index contributed by atoms with van der Waals surface area (Å²) in [5.41, 5.74) is 0.423. The summed E-state index contributed by atoms with van der Waals surface area (Å²) in [6, 6.07) is 16.9. The van der Waals surface area contributed by atoms with Crippen molar-refractivity contribution in [2.75, 3.05) is 19.0 Å². The topological polar surface area (TPSA) is 97.6 Å². The van der Waals surface area contributed by atoms with E-state index in [9.17, 15) is 19.2 Å². The summed E-state index contributed by atoms with van der Waals surface area (Å²) in [5, 5.41) is 11.9. The van der Waals surface area contributed by atoms with Gasteiger partial charge in [-0.3, -0.25) is 4.79 Å². The van der Waals surface area contributed by atoms with E-state index in [0.29, 0.717) is 21.3 Å². The Balaban J connectivity index is 1.88. The fraction of sp³-hybridized carbons (Fsp3) is 0.115. The number of amides is 1. The van der Waals surface area contributed by atoms with E-state index in [-0.39, 0.29) is 29.4 Å². The summed E-state index contributed by atoms with van der Waals surface area (Å²) in [7, 11) is 1.52. The van der Waals surface area contributed by atoms with Crippen LogP contribution in [0.5, 0.6) is 17.2 Å². The van der Waals surface area contributed by atoms with Gasteiger partial charge in [0.1, 0.15) is 23.2 Å². The normalized spacial score (nSPS) is 10.8. The van der Waals surface area contributed by atoms with E-state index in [1.165, 1.54) is 37.5 Å². The molecule has 35 heavy (non-hydrogen) atoms. The summed E-state index contributed by atoms with van der Waals surface area (Å²) < 4.78 is 30.5. The van der Waals surface area contributed by atoms with Gasteiger partial charge < -0.3 is 19.5 Å². The van der Waals surface area contributed by atoms with Gasteiger partial charge in [-0.2, -0.15) is 5.26 Å². The smallest absolute Gasteiger partial charge is 0.343 e. The molecule has 0 aromatic heterocycles. The number of nitrogens with zero attached hydrogens (tertiary/aromatic N) is 1. The summed E-state index contributed by atoms with van der Waals surface area (Å²) in [5.74, 6) is -1.05. The number of nitriles is 1. The first kappa shape index (κ1) is 25.5. The zero-order valence-corrected chi connectivity index (χ0v) is 20.4. The average Bonchev–Trinajstić information content (AvgIpc) is 2.86. The second-order valence-corrected chi connectivity index (χ2v) is 7.84. The van der Waals surface area contributed by atoms with Gasteiger partial charge in [-0.1, -0.05) is 12.1 Å². The van der Waals surface area contributed by atoms with Crippen molar-refractivity contribution in [1.82, 2.24) is 0 Å². The minimum absolute atomic E-state index is 0.0457. The molecule has 1 N–H and O–H groups in total. The molecule has 178 valence electrons. The number of carbonyl (C=O) groups excluding carboxylic acids is 2. The molecule has 0 fully saturated rings. The number of halogens is 2. The first-order chi connectivity index (χ1) is 16.9. The van der Waals surface area contributed by atoms with E-state index >= 15 is 0 Å². The van der Waals surface area contributed by atoms with Crippen molar-refractivity contribution in [3.8, 4) is 23.3 Å². The second kappa shape index (κ2) is 11.8. The van der Waals surface area contributed by atoms with E-state index in [0.717, 1.165) is 0 Å². The van der Waals surface area contributed by atoms with Crippen LogP contribution in [0, 0.1) is 17.1 Å². The largest absolute Gasteiger partial charge is 0.497 e. The van der Waals surface area contributed by atoms with Crippen LogP contribution in [0.3, 0.4) is 0 Å². The molecule has 9 heteroatoms. The molecule has 0 aliphatic heterocycles. The Labute approximate surface area is 209 Å². The molecule has 0 saturated carbocycles. The Morgan fingerprint density at radius 1 is 1.14 bits per heavy atom. The zero-order valence-electron chi connectivity index (χ0n) is 18.8. The number of methoxy groups -OCH3 is 1. The second-order valence-electron chi connectivity index (χ2n) is 6.98. The highest BCUT2D eigenvalue weighted by atomic mass is 79.9. The van der Waals surface area contributed by atoms with Crippen molar-refractivity contribution in [3.63, 3.8) is 0 Å². The van der Waals surface area contributed by atoms with Gasteiger partial charge in [-0.05, 0) is 83.0 Å². The Kier molecular flexibility index (Phi) is 8.59. The van der Waals surface area contributed by atoms with Gasteiger partial charge in [-0.15, -0.1) is 0 Å². The van der Waals surface area contributed by atoms with Crippen molar-refractivity contribution in [2.45, 2.75) is 6.92 Å². The number of nitrogens with one attached hydrogen (secondary N) is 1. The molecule has 3 rings (SSSR count). The molecule has 0 atom stereocenters. The molecular formula is C26H20BrFN2O5. The molecule has 0 aliphatic carbocycles. The molecule has 0 heterocycles. The van der Waals surface area contributed by atoms with Crippen molar-refractivity contribution in [3.05, 3.63) is 87.7 Å². The van der Waals surface area contributed by atoms with Gasteiger partial charge in [0.2, 0.25) is 0 Å². The maximum atomic E-state index is 13.9. The standard InChI is InChI=1S/C26H20BrFN2O5/c1-3-34-23-14-16(12-18(15-29)25(31)30-22-7-5-4-6-21(22)28)13-20(27)24(23)35-26(32)17-8-10-19(33-2)11-9-17/h4-14H,3H2,1-2H3,(H,30,31)/b18-12+. The minimum Gasteiger partial charge on any atom is -0.497 e. The summed E-state index contributed by atoms with van der Waals surface area (Å²) in [6.07, 6.45) is 1.32. The molecule has 0 spiro atoms. The van der Waals surface area contributed by atoms with Crippen LogP contribution in [0.25, 0.3) is 6.08 Å². The van der Waals surface area contributed by atoms with Crippen LogP contribution in [0.15, 0.2) is 70.7 Å². The highest BCUT2D eigenvalue weighted by Gasteiger charge is 2.18. The minimum atomic E-state index is -0.776. The van der Waals surface area contributed by atoms with Crippen LogP contribution in [-0.4, -0.2) is 25.6 Å². The van der Waals surface area contributed by atoms with Crippen molar-refractivity contribution >= 4 is 39.6 Å². The van der Waals surface area contributed by atoms with Gasteiger partial charge in [-0.25, -0.2) is 9.18 Å². The number of para-hydroxylation sites is 1. The first-order valence-electron chi connectivity index (χ1n) is 10.4. The predicted molar refractivity (Wildman–Crippen MR) is 132 cm³/mol. The SMILES string of the molecule is CCOc1cc(/C=C(\C#N)C(=O)Nc2ccccc2F)cc(Br)c1OC(=O)c1ccc(OC)cc1. The molecule has 0 bridgehead atoms. The van der Waals surface area contributed by atoms with Crippen LogP contribution in [0.4, 0.5) is 10.1 Å². The third-order valence-electron chi connectivity index (χ3n) is 4.65. The van der Waals surface area contributed by atoms with Crippen LogP contribution < -0.4 is 19.5 Å². The highest BCUT2D eigenvalue weighted by Crippen LogP contribution is 2.38. The van der Waals surface area contributed by atoms with E-state index in [1.54, 1.807) is 43.3 Å². The van der Waals surface area contributed by atoms with Gasteiger partial charge in [0, 0.05) is 0 Å². The molecule has 0 radical (unpaired) electrons. The molecule has 3 aromatic carbocycles. The monoisotopic (exact) mass is 538 g/mol. The molecule has 0 saturated heterocycles. The number of hydrogen-bond donors (Lipinski definition) is 1. The number of anilines is 1. The fourth-order valence-electron chi connectivity index (χ4n) is 2.98. The Bertz CT molecular complexity index is 1320. The van der Waals surface area contributed by atoms with Crippen LogP contribution in [0.1, 0.15) is 22.8 Å². The third-order valence-corrected chi connectivity index (χ3v) is 5.24. The number of hydrogen-bond acceptors (Lipinski definition) is 6. The molecular weight excluding hydrogens is 519 g/mol. The summed E-state index contributed by atoms with van der Waals surface area (Å²) in [4.78, 5) is 25.2. The lowest BCUT2D eigenvalue weighted by Crippen LogP contribution is -2.14. The lowest BCUT2D eigenvalue weighted by molar-refractivity contribution is -0.112. The van der Waals surface area contributed by atoms with Crippen LogP contribution >= 0.6 is 15.9 Å². The molecule has 3 aromatic rings. The highest BCUT2D eigenvalue weighted by molar-refractivity contribution is 9.10. The van der Waals surface area contributed by atoms with Gasteiger partial charge in [0.05, 0.1) is 29.4 Å². The van der Waals surface area contributed by atoms with Gasteiger partial charge >= 0.3 is 5.97 Å². The first-order valence-corrected chi connectivity index (χ1v) is 11.2. The zero-order chi connectivity index (χ0) is 25.4. The summed E-state index contributed by atoms with van der Waals surface area (Å²) in [6.45, 7) is 2.03. The van der Waals surface area contributed by atoms with Crippen LogP contribution in [-0.2, 0) is 4.79 Å². The quantitative estimate of drug-likeness (QED) is 0.169. The lowest BCUT2D eigenvalue weighted by atomic mass is 10.1. The molecule has 7 nitrogen and oxygen atoms in total. The predicted octanol–water partition coefficient (Wildman–Crippen LogP) is 5.76. The molecule has 0 unspecified atom stereocenters. The van der Waals surface area contributed by atoms with E-state index in [4.69, 9.17) is 14.2 Å². The molecule has 1 amide bonds. The third kappa shape index (κ3) is 6.46. The van der Waals surface area contributed by atoms with E-state index in [1.807, 2.05) is 6.07 Å². The number of carbonyl (C=O) groups is 2. The Morgan fingerprint density at radius 2 is 1.86 bits per heavy atom. The lowest BCUT2D eigenvalue weighted by Gasteiger charge is -2.14. The average molecular weight is 539 g/mol. The number of esters is 1. The fourth-order valence-corrected chi connectivity index (χ4v) is 3.52. The van der Waals surface area contributed by atoms with Crippen molar-refractivity contribution in [2.24, 2.45) is 0 Å². The summed E-state index contributed by atoms with van der Waals surface area (Å²) >= 11 is 3.36. The van der Waals surface area contributed by atoms with Gasteiger partial charge in [0.25, 0.3) is 5.91 Å². The van der Waals surface area contributed by atoms with Crippen molar-refractivity contribution < 1.29 is 28.2 Å². The van der Waals surface area contributed by atoms with E-state index in [2.05, 4.69) is 21.2 Å². The Hall–Kier alpha value is -4.16. The van der Waals surface area contributed by atoms with Crippen LogP contribution in [0.2, 0.25) is 0 Å². The number of rotatable bonds is 8. The number of ether oxygens (including phenoxy) is 3. The maximum absolute atomic E-state index is 13.9. The maximum Gasteiger partial charge on any atom is 0.343 e.